The Bertz CT molecular complexity index is 756. The van der Waals surface area contributed by atoms with Gasteiger partial charge in [0.2, 0.25) is 11.8 Å². The highest BCUT2D eigenvalue weighted by Gasteiger charge is 2.40. The zero-order valence-corrected chi connectivity index (χ0v) is 12.0. The molecule has 0 saturated heterocycles. The van der Waals surface area contributed by atoms with Gasteiger partial charge in [0.1, 0.15) is 17.1 Å². The molecule has 1 aliphatic heterocycles. The summed E-state index contributed by atoms with van der Waals surface area (Å²) >= 11 is 0. The third-order valence-corrected chi connectivity index (χ3v) is 3.33. The van der Waals surface area contributed by atoms with Crippen LogP contribution in [-0.4, -0.2) is 22.8 Å². The van der Waals surface area contributed by atoms with Gasteiger partial charge in [-0.3, -0.25) is 4.79 Å². The molecule has 6 heteroatoms. The number of hydrazone groups is 1. The molecule has 0 spiro atoms. The maximum Gasteiger partial charge on any atom is 0.320 e. The zero-order valence-electron chi connectivity index (χ0n) is 12.0. The molecule has 0 aliphatic carbocycles. The van der Waals surface area contributed by atoms with Crippen LogP contribution in [0.5, 0.6) is 5.75 Å². The van der Waals surface area contributed by atoms with Crippen molar-refractivity contribution in [2.75, 3.05) is 5.01 Å². The first kappa shape index (κ1) is 13.9. The van der Waals surface area contributed by atoms with E-state index in [9.17, 15) is 9.90 Å². The molecule has 1 amide bonds. The van der Waals surface area contributed by atoms with Gasteiger partial charge in [0.25, 0.3) is 0 Å². The summed E-state index contributed by atoms with van der Waals surface area (Å²) in [6.45, 7) is 1.79. The first-order valence-corrected chi connectivity index (χ1v) is 6.85. The first-order chi connectivity index (χ1) is 10.7. The molecule has 110 valence electrons. The van der Waals surface area contributed by atoms with Crippen LogP contribution in [0.2, 0.25) is 0 Å². The molecule has 0 bridgehead atoms. The number of carbonyl (C=O) groups is 1. The van der Waals surface area contributed by atoms with Crippen LogP contribution in [0.25, 0.3) is 0 Å². The Balaban J connectivity index is 1.83. The lowest BCUT2D eigenvalue weighted by Crippen LogP contribution is -2.81. The van der Waals surface area contributed by atoms with E-state index < -0.39 is 6.04 Å². The van der Waals surface area contributed by atoms with Crippen LogP contribution in [0, 0.1) is 0 Å². The Morgan fingerprint density at radius 1 is 1.09 bits per heavy atom. The predicted octanol–water partition coefficient (Wildman–Crippen LogP) is 1.35. The highest BCUT2D eigenvalue weighted by Crippen LogP contribution is 2.26. The fourth-order valence-corrected chi connectivity index (χ4v) is 2.17. The Hall–Kier alpha value is -3.02. The largest absolute Gasteiger partial charge is 0.506 e. The average molecular weight is 295 g/mol. The second-order valence-corrected chi connectivity index (χ2v) is 4.91. The molecule has 2 N–H and O–H groups in total. The lowest BCUT2D eigenvalue weighted by molar-refractivity contribution is -0.455. The Morgan fingerprint density at radius 3 is 2.50 bits per heavy atom. The van der Waals surface area contributed by atoms with Gasteiger partial charge >= 0.3 is 5.91 Å². The number of rotatable bonds is 3. The van der Waals surface area contributed by atoms with Crippen molar-refractivity contribution >= 4 is 23.0 Å². The molecule has 0 radical (unpaired) electrons. The minimum Gasteiger partial charge on any atom is -0.506 e. The maximum atomic E-state index is 12.4. The van der Waals surface area contributed by atoms with E-state index in [-0.39, 0.29) is 11.7 Å². The highest BCUT2D eigenvalue weighted by atomic mass is 16.3. The van der Waals surface area contributed by atoms with E-state index in [4.69, 9.17) is 0 Å². The molecule has 1 unspecified atom stereocenters. The Labute approximate surface area is 127 Å². The van der Waals surface area contributed by atoms with Crippen LogP contribution >= 0.6 is 0 Å². The van der Waals surface area contributed by atoms with Crippen molar-refractivity contribution in [2.24, 2.45) is 10.2 Å². The summed E-state index contributed by atoms with van der Waals surface area (Å²) in [6, 6.07) is 15.2. The number of para-hydroxylation sites is 2. The van der Waals surface area contributed by atoms with Crippen LogP contribution in [0.3, 0.4) is 0 Å². The third-order valence-electron chi connectivity index (χ3n) is 3.33. The van der Waals surface area contributed by atoms with E-state index in [2.05, 4.69) is 15.3 Å². The van der Waals surface area contributed by atoms with Gasteiger partial charge < -0.3 is 5.11 Å². The normalized spacial score (nSPS) is 18.0. The van der Waals surface area contributed by atoms with Crippen LogP contribution in [-0.2, 0) is 4.79 Å². The number of phenolic OH excluding ortho intramolecular Hbond substituents is 1. The Kier molecular flexibility index (Phi) is 3.65. The monoisotopic (exact) mass is 295 g/mol. The number of anilines is 1. The summed E-state index contributed by atoms with van der Waals surface area (Å²) in [6.07, 6.45) is 0. The van der Waals surface area contributed by atoms with E-state index in [0.717, 1.165) is 5.69 Å². The van der Waals surface area contributed by atoms with Gasteiger partial charge in [-0.2, -0.15) is 10.2 Å². The number of nitrogens with zero attached hydrogens (tertiary/aromatic N) is 3. The second kappa shape index (κ2) is 5.77. The predicted molar refractivity (Wildman–Crippen MR) is 82.0 cm³/mol. The number of hydrogen-bond acceptors (Lipinski definition) is 4. The number of benzene rings is 2. The fraction of sp³-hybridized carbons (Fsp3) is 0.125. The van der Waals surface area contributed by atoms with Crippen molar-refractivity contribution in [3.8, 4) is 5.75 Å². The van der Waals surface area contributed by atoms with Gasteiger partial charge in [0.05, 0.1) is 0 Å². The summed E-state index contributed by atoms with van der Waals surface area (Å²) in [5.41, 5.74) is 1.77. The number of azo groups is 1. The molecule has 3 rings (SSSR count). The molecule has 22 heavy (non-hydrogen) atoms. The molecule has 0 fully saturated rings. The van der Waals surface area contributed by atoms with Crippen LogP contribution < -0.4 is 10.1 Å². The first-order valence-electron chi connectivity index (χ1n) is 6.85. The summed E-state index contributed by atoms with van der Waals surface area (Å²) in [7, 11) is 0. The second-order valence-electron chi connectivity index (χ2n) is 4.91. The number of amides is 1. The molecule has 2 aromatic carbocycles. The minimum absolute atomic E-state index is 0.0298. The SMILES string of the molecule is CC1=[NH+]N(c2ccccc2)C(=O)C1N=Nc1ccccc1O. The molecular formula is C16H15N4O2+. The fourth-order valence-electron chi connectivity index (χ4n) is 2.17. The van der Waals surface area contributed by atoms with Crippen LogP contribution in [0.1, 0.15) is 6.92 Å². The van der Waals surface area contributed by atoms with Gasteiger partial charge in [-0.1, -0.05) is 35.3 Å². The Morgan fingerprint density at radius 2 is 1.77 bits per heavy atom. The van der Waals surface area contributed by atoms with Gasteiger partial charge in [-0.15, -0.1) is 5.10 Å². The van der Waals surface area contributed by atoms with E-state index in [1.165, 1.54) is 11.1 Å². The summed E-state index contributed by atoms with van der Waals surface area (Å²) in [5, 5.41) is 22.2. The summed E-state index contributed by atoms with van der Waals surface area (Å²) < 4.78 is 0. The highest BCUT2D eigenvalue weighted by molar-refractivity contribution is 6.13. The molecule has 1 heterocycles. The summed E-state index contributed by atoms with van der Waals surface area (Å²) in [5.74, 6) is -0.176. The lowest BCUT2D eigenvalue weighted by Gasteiger charge is -2.06. The van der Waals surface area contributed by atoms with E-state index in [1.54, 1.807) is 25.1 Å². The van der Waals surface area contributed by atoms with Gasteiger partial charge in [0, 0.05) is 6.92 Å². The van der Waals surface area contributed by atoms with Gasteiger partial charge in [-0.05, 0) is 24.3 Å². The number of carbonyl (C=O) groups excluding carboxylic acids is 1. The quantitative estimate of drug-likeness (QED) is 0.838. The van der Waals surface area contributed by atoms with E-state index in [1.807, 2.05) is 30.3 Å². The molecular weight excluding hydrogens is 280 g/mol. The van der Waals surface area contributed by atoms with Crippen molar-refractivity contribution in [2.45, 2.75) is 13.0 Å². The van der Waals surface area contributed by atoms with Crippen molar-refractivity contribution in [1.29, 1.82) is 0 Å². The molecule has 6 nitrogen and oxygen atoms in total. The maximum absolute atomic E-state index is 12.4. The van der Waals surface area contributed by atoms with Crippen LogP contribution in [0.15, 0.2) is 64.8 Å². The van der Waals surface area contributed by atoms with Crippen molar-refractivity contribution in [3.63, 3.8) is 0 Å². The molecule has 2 aromatic rings. The smallest absolute Gasteiger partial charge is 0.320 e. The van der Waals surface area contributed by atoms with Crippen molar-refractivity contribution < 1.29 is 15.0 Å². The number of nitrogens with one attached hydrogen (secondary N) is 1. The lowest BCUT2D eigenvalue weighted by atomic mass is 10.2. The van der Waals surface area contributed by atoms with E-state index >= 15 is 0 Å². The number of phenols is 1. The number of hydrazine groups is 1. The molecule has 1 aliphatic rings. The standard InChI is InChI=1S/C16H14N4O2/c1-11-15(18-17-13-9-5-6-10-14(13)21)16(22)20(19-11)12-7-3-2-4-8-12/h2-10,15,21H,1H3/p+1. The van der Waals surface area contributed by atoms with Crippen LogP contribution in [0.4, 0.5) is 11.4 Å². The van der Waals surface area contributed by atoms with Gasteiger partial charge in [-0.25, -0.2) is 0 Å². The zero-order chi connectivity index (χ0) is 15.5. The summed E-state index contributed by atoms with van der Waals surface area (Å²) in [4.78, 5) is 12.4. The molecule has 1 atom stereocenters. The third kappa shape index (κ3) is 2.58. The van der Waals surface area contributed by atoms with Crippen molar-refractivity contribution in [1.82, 2.24) is 0 Å². The minimum atomic E-state index is -0.709. The topological polar surface area (TPSA) is 79.2 Å². The average Bonchev–Trinajstić information content (AvgIpc) is 2.82. The van der Waals surface area contributed by atoms with E-state index in [0.29, 0.717) is 11.4 Å². The van der Waals surface area contributed by atoms with Gasteiger partial charge in [0.15, 0.2) is 0 Å². The van der Waals surface area contributed by atoms with Crippen molar-refractivity contribution in [3.05, 3.63) is 54.6 Å². The molecule has 0 saturated carbocycles. The molecule has 0 aromatic heterocycles. The number of hydrogen-bond donors (Lipinski definition) is 2. The number of aromatic hydroxyl groups is 1.